The standard InChI is InChI=1S/C12H19F3N2.2ClH/c13-12(14,15)4-1-5-17-10-2-3-11(17)9-7-16-6-8(9)10;;/h8-11,16H,1-7H2;2*1H/t8-,9+,10-,11+;;. The number of nitrogens with zero attached hydrogens (tertiary/aromatic N) is 1. The fraction of sp³-hybridized carbons (Fsp3) is 1.00. The van der Waals surface area contributed by atoms with Crippen molar-refractivity contribution in [1.82, 2.24) is 10.2 Å². The zero-order chi connectivity index (χ0) is 12.0. The van der Waals surface area contributed by atoms with Gasteiger partial charge in [0, 0.05) is 18.5 Å². The molecular formula is C12H21Cl2F3N2. The minimum atomic E-state index is -3.99. The molecule has 3 heterocycles. The number of hydrogen-bond donors (Lipinski definition) is 1. The van der Waals surface area contributed by atoms with E-state index in [1.807, 2.05) is 0 Å². The summed E-state index contributed by atoms with van der Waals surface area (Å²) in [6.45, 7) is 2.78. The third kappa shape index (κ3) is 3.31. The topological polar surface area (TPSA) is 15.3 Å². The average Bonchev–Trinajstić information content (AvgIpc) is 2.85. The summed E-state index contributed by atoms with van der Waals surface area (Å²) in [6.07, 6.45) is -1.96. The lowest BCUT2D eigenvalue weighted by Crippen LogP contribution is -2.35. The van der Waals surface area contributed by atoms with E-state index in [0.717, 1.165) is 13.1 Å². The van der Waals surface area contributed by atoms with Crippen LogP contribution in [0.2, 0.25) is 0 Å². The summed E-state index contributed by atoms with van der Waals surface area (Å²) in [6, 6.07) is 1.13. The van der Waals surface area contributed by atoms with Crippen LogP contribution in [0.15, 0.2) is 0 Å². The Kier molecular flexibility index (Phi) is 5.82. The lowest BCUT2D eigenvalue weighted by molar-refractivity contribution is -0.136. The van der Waals surface area contributed by atoms with Gasteiger partial charge in [0.05, 0.1) is 0 Å². The van der Waals surface area contributed by atoms with Crippen molar-refractivity contribution in [2.75, 3.05) is 19.6 Å². The van der Waals surface area contributed by atoms with E-state index in [1.54, 1.807) is 0 Å². The Morgan fingerprint density at radius 1 is 1.00 bits per heavy atom. The van der Waals surface area contributed by atoms with Gasteiger partial charge in [0.25, 0.3) is 0 Å². The maximum absolute atomic E-state index is 12.1. The molecule has 3 fully saturated rings. The summed E-state index contributed by atoms with van der Waals surface area (Å²) in [4.78, 5) is 2.38. The Morgan fingerprint density at radius 3 is 2.00 bits per heavy atom. The second kappa shape index (κ2) is 6.37. The number of halogens is 5. The first-order chi connectivity index (χ1) is 8.06. The van der Waals surface area contributed by atoms with Crippen LogP contribution in [0.1, 0.15) is 25.7 Å². The molecule has 1 N–H and O–H groups in total. The summed E-state index contributed by atoms with van der Waals surface area (Å²) in [5.74, 6) is 1.42. The first-order valence-corrected chi connectivity index (χ1v) is 6.59. The van der Waals surface area contributed by atoms with Crippen molar-refractivity contribution < 1.29 is 13.2 Å². The summed E-state index contributed by atoms with van der Waals surface area (Å²) in [5, 5.41) is 3.42. The van der Waals surface area contributed by atoms with Gasteiger partial charge >= 0.3 is 6.18 Å². The molecular weight excluding hydrogens is 300 g/mol. The van der Waals surface area contributed by atoms with Crippen molar-refractivity contribution in [2.24, 2.45) is 11.8 Å². The summed E-state index contributed by atoms with van der Waals surface area (Å²) >= 11 is 0. The largest absolute Gasteiger partial charge is 0.389 e. The Labute approximate surface area is 124 Å². The van der Waals surface area contributed by atoms with Crippen molar-refractivity contribution in [3.8, 4) is 0 Å². The van der Waals surface area contributed by atoms with Gasteiger partial charge in [-0.2, -0.15) is 13.2 Å². The van der Waals surface area contributed by atoms with E-state index < -0.39 is 12.6 Å². The fourth-order valence-corrected chi connectivity index (χ4v) is 4.20. The van der Waals surface area contributed by atoms with E-state index >= 15 is 0 Å². The van der Waals surface area contributed by atoms with Gasteiger partial charge in [0.1, 0.15) is 0 Å². The van der Waals surface area contributed by atoms with Crippen LogP contribution in [-0.4, -0.2) is 42.8 Å². The highest BCUT2D eigenvalue weighted by Crippen LogP contribution is 2.47. The van der Waals surface area contributed by atoms with Gasteiger partial charge in [-0.15, -0.1) is 24.8 Å². The zero-order valence-electron chi connectivity index (χ0n) is 10.7. The number of fused-ring (bicyclic) bond motifs is 5. The van der Waals surface area contributed by atoms with Crippen LogP contribution in [0, 0.1) is 11.8 Å². The Bertz CT molecular complexity index is 283. The lowest BCUT2D eigenvalue weighted by atomic mass is 9.82. The van der Waals surface area contributed by atoms with Gasteiger partial charge in [-0.1, -0.05) is 0 Å². The molecule has 3 aliphatic heterocycles. The number of rotatable bonds is 3. The van der Waals surface area contributed by atoms with Gasteiger partial charge in [0.2, 0.25) is 0 Å². The monoisotopic (exact) mass is 320 g/mol. The fourth-order valence-electron chi connectivity index (χ4n) is 4.20. The van der Waals surface area contributed by atoms with Crippen molar-refractivity contribution in [1.29, 1.82) is 0 Å². The maximum atomic E-state index is 12.1. The molecule has 0 aliphatic carbocycles. The first-order valence-electron chi connectivity index (χ1n) is 6.59. The Hall–Kier alpha value is 0.290. The highest BCUT2D eigenvalue weighted by Gasteiger charge is 2.54. The van der Waals surface area contributed by atoms with E-state index in [0.29, 0.717) is 30.5 Å². The molecule has 7 heteroatoms. The number of nitrogens with one attached hydrogen (secondary N) is 1. The van der Waals surface area contributed by atoms with Gasteiger partial charge in [0.15, 0.2) is 0 Å². The SMILES string of the molecule is Cl.Cl.FC(F)(F)CCCN1[C@@H]2CC[C@H]1[C@H]1CNC[C@H]12. The second-order valence-electron chi connectivity index (χ2n) is 5.65. The van der Waals surface area contributed by atoms with Crippen LogP contribution < -0.4 is 5.32 Å². The van der Waals surface area contributed by atoms with Crippen LogP contribution in [0.5, 0.6) is 0 Å². The summed E-state index contributed by atoms with van der Waals surface area (Å²) in [5.41, 5.74) is 0. The first kappa shape index (κ1) is 17.3. The predicted molar refractivity (Wildman–Crippen MR) is 73.2 cm³/mol. The third-order valence-electron chi connectivity index (χ3n) is 4.79. The quantitative estimate of drug-likeness (QED) is 0.860. The second-order valence-corrected chi connectivity index (χ2v) is 5.65. The molecule has 0 aromatic heterocycles. The van der Waals surface area contributed by atoms with Crippen molar-refractivity contribution >= 4 is 24.8 Å². The summed E-state index contributed by atoms with van der Waals surface area (Å²) in [7, 11) is 0. The summed E-state index contributed by atoms with van der Waals surface area (Å²) < 4.78 is 36.4. The predicted octanol–water partition coefficient (Wildman–Crippen LogP) is 2.85. The molecule has 114 valence electrons. The number of alkyl halides is 3. The molecule has 0 aromatic rings. The lowest BCUT2D eigenvalue weighted by Gasteiger charge is -2.24. The van der Waals surface area contributed by atoms with Gasteiger partial charge in [-0.05, 0) is 50.7 Å². The van der Waals surface area contributed by atoms with E-state index in [-0.39, 0.29) is 31.2 Å². The van der Waals surface area contributed by atoms with Crippen LogP contribution in [0.4, 0.5) is 13.2 Å². The number of hydrogen-bond acceptors (Lipinski definition) is 2. The molecule has 2 bridgehead atoms. The molecule has 3 aliphatic rings. The third-order valence-corrected chi connectivity index (χ3v) is 4.79. The van der Waals surface area contributed by atoms with E-state index in [1.165, 1.54) is 12.8 Å². The molecule has 0 saturated carbocycles. The van der Waals surface area contributed by atoms with Crippen molar-refractivity contribution in [3.05, 3.63) is 0 Å². The average molecular weight is 321 g/mol. The van der Waals surface area contributed by atoms with Gasteiger partial charge in [-0.3, -0.25) is 4.90 Å². The minimum Gasteiger partial charge on any atom is -0.316 e. The highest BCUT2D eigenvalue weighted by atomic mass is 35.5. The molecule has 2 nitrogen and oxygen atoms in total. The molecule has 0 radical (unpaired) electrons. The Balaban J connectivity index is 0.000000902. The molecule has 0 amide bonds. The van der Waals surface area contributed by atoms with E-state index in [9.17, 15) is 13.2 Å². The van der Waals surface area contributed by atoms with Crippen LogP contribution in [0.25, 0.3) is 0 Å². The maximum Gasteiger partial charge on any atom is 0.389 e. The van der Waals surface area contributed by atoms with Gasteiger partial charge in [-0.25, -0.2) is 0 Å². The van der Waals surface area contributed by atoms with Gasteiger partial charge < -0.3 is 5.32 Å². The van der Waals surface area contributed by atoms with Crippen LogP contribution in [0.3, 0.4) is 0 Å². The molecule has 0 unspecified atom stereocenters. The van der Waals surface area contributed by atoms with Crippen molar-refractivity contribution in [3.63, 3.8) is 0 Å². The minimum absolute atomic E-state index is 0. The van der Waals surface area contributed by atoms with Crippen molar-refractivity contribution in [2.45, 2.75) is 43.9 Å². The molecule has 3 saturated heterocycles. The smallest absolute Gasteiger partial charge is 0.316 e. The normalized spacial score (nSPS) is 36.8. The van der Waals surface area contributed by atoms with Crippen LogP contribution >= 0.6 is 24.8 Å². The van der Waals surface area contributed by atoms with E-state index in [4.69, 9.17) is 0 Å². The van der Waals surface area contributed by atoms with Crippen LogP contribution in [-0.2, 0) is 0 Å². The zero-order valence-corrected chi connectivity index (χ0v) is 12.3. The molecule has 0 aromatic carbocycles. The molecule has 0 spiro atoms. The molecule has 19 heavy (non-hydrogen) atoms. The highest BCUT2D eigenvalue weighted by molar-refractivity contribution is 5.85. The molecule has 3 rings (SSSR count). The van der Waals surface area contributed by atoms with E-state index in [2.05, 4.69) is 10.2 Å². The molecule has 4 atom stereocenters. The Morgan fingerprint density at radius 2 is 1.53 bits per heavy atom.